The van der Waals surface area contributed by atoms with Gasteiger partial charge in [-0.1, -0.05) is 12.1 Å². The largest absolute Gasteiger partial charge is 0.485 e. The Morgan fingerprint density at radius 3 is 2.42 bits per heavy atom. The molecule has 2 atom stereocenters. The SMILES string of the molecule is COC(=O)C1CC(Oc2ccccc2F)CN1C(=O)c1ccc(F)cc1. The van der Waals surface area contributed by atoms with Gasteiger partial charge < -0.3 is 14.4 Å². The van der Waals surface area contributed by atoms with Crippen molar-refractivity contribution in [2.24, 2.45) is 0 Å². The number of halogens is 2. The van der Waals surface area contributed by atoms with Crippen LogP contribution >= 0.6 is 0 Å². The quantitative estimate of drug-likeness (QED) is 0.786. The van der Waals surface area contributed by atoms with Crippen molar-refractivity contribution in [2.75, 3.05) is 13.7 Å². The molecule has 0 N–H and O–H groups in total. The molecule has 136 valence electrons. The second-order valence-corrected chi connectivity index (χ2v) is 5.91. The molecular weight excluding hydrogens is 344 g/mol. The Morgan fingerprint density at radius 1 is 1.08 bits per heavy atom. The maximum absolute atomic E-state index is 13.8. The minimum Gasteiger partial charge on any atom is -0.485 e. The van der Waals surface area contributed by atoms with Crippen molar-refractivity contribution < 1.29 is 27.8 Å². The second kappa shape index (κ2) is 7.51. The number of benzene rings is 2. The fourth-order valence-electron chi connectivity index (χ4n) is 2.94. The Morgan fingerprint density at radius 2 is 1.77 bits per heavy atom. The van der Waals surface area contributed by atoms with Gasteiger partial charge in [0.25, 0.3) is 5.91 Å². The van der Waals surface area contributed by atoms with Crippen molar-refractivity contribution in [1.82, 2.24) is 4.90 Å². The number of rotatable bonds is 4. The molecule has 0 radical (unpaired) electrons. The molecule has 0 spiro atoms. The van der Waals surface area contributed by atoms with Gasteiger partial charge in [0.2, 0.25) is 0 Å². The Labute approximate surface area is 149 Å². The molecule has 0 bridgehead atoms. The predicted octanol–water partition coefficient (Wildman–Crippen LogP) is 2.80. The van der Waals surface area contributed by atoms with Gasteiger partial charge in [0.05, 0.1) is 13.7 Å². The first-order valence-corrected chi connectivity index (χ1v) is 8.05. The highest BCUT2D eigenvalue weighted by Crippen LogP contribution is 2.27. The summed E-state index contributed by atoms with van der Waals surface area (Å²) < 4.78 is 37.3. The molecule has 3 rings (SSSR count). The zero-order valence-electron chi connectivity index (χ0n) is 14.0. The van der Waals surface area contributed by atoms with Gasteiger partial charge in [0.1, 0.15) is 18.0 Å². The molecule has 0 aromatic heterocycles. The maximum Gasteiger partial charge on any atom is 0.328 e. The highest BCUT2D eigenvalue weighted by Gasteiger charge is 2.42. The van der Waals surface area contributed by atoms with E-state index in [0.717, 1.165) is 0 Å². The summed E-state index contributed by atoms with van der Waals surface area (Å²) in [5.74, 6) is -1.96. The van der Waals surface area contributed by atoms with E-state index < -0.39 is 35.7 Å². The summed E-state index contributed by atoms with van der Waals surface area (Å²) in [6, 6.07) is 10.1. The van der Waals surface area contributed by atoms with E-state index >= 15 is 0 Å². The Hall–Kier alpha value is -2.96. The minimum atomic E-state index is -0.852. The minimum absolute atomic E-state index is 0.0530. The summed E-state index contributed by atoms with van der Waals surface area (Å²) in [5.41, 5.74) is 0.242. The predicted molar refractivity (Wildman–Crippen MR) is 88.7 cm³/mol. The molecule has 2 unspecified atom stereocenters. The van der Waals surface area contributed by atoms with Crippen molar-refractivity contribution >= 4 is 11.9 Å². The second-order valence-electron chi connectivity index (χ2n) is 5.91. The summed E-state index contributed by atoms with van der Waals surface area (Å²) in [7, 11) is 1.23. The topological polar surface area (TPSA) is 55.8 Å². The summed E-state index contributed by atoms with van der Waals surface area (Å²) in [6.45, 7) is 0.0876. The number of nitrogens with zero attached hydrogens (tertiary/aromatic N) is 1. The fraction of sp³-hybridized carbons (Fsp3) is 0.263. The maximum atomic E-state index is 13.8. The average molecular weight is 361 g/mol. The van der Waals surface area contributed by atoms with Crippen molar-refractivity contribution in [2.45, 2.75) is 18.6 Å². The zero-order chi connectivity index (χ0) is 18.7. The van der Waals surface area contributed by atoms with Gasteiger partial charge in [0.15, 0.2) is 11.6 Å². The van der Waals surface area contributed by atoms with E-state index in [-0.39, 0.29) is 24.3 Å². The number of amides is 1. The number of hydrogen-bond acceptors (Lipinski definition) is 4. The molecule has 1 aliphatic heterocycles. The van der Waals surface area contributed by atoms with Crippen LogP contribution in [-0.2, 0) is 9.53 Å². The zero-order valence-corrected chi connectivity index (χ0v) is 14.0. The third-order valence-corrected chi connectivity index (χ3v) is 4.22. The van der Waals surface area contributed by atoms with E-state index in [1.165, 1.54) is 48.4 Å². The molecule has 0 aliphatic carbocycles. The van der Waals surface area contributed by atoms with Crippen molar-refractivity contribution in [3.05, 3.63) is 65.7 Å². The van der Waals surface area contributed by atoms with Crippen LogP contribution in [0.5, 0.6) is 5.75 Å². The molecule has 7 heteroatoms. The highest BCUT2D eigenvalue weighted by molar-refractivity contribution is 5.97. The van der Waals surface area contributed by atoms with Gasteiger partial charge in [-0.2, -0.15) is 0 Å². The summed E-state index contributed by atoms with van der Waals surface area (Å²) >= 11 is 0. The number of para-hydroxylation sites is 1. The van der Waals surface area contributed by atoms with Gasteiger partial charge in [-0.25, -0.2) is 13.6 Å². The lowest BCUT2D eigenvalue weighted by Gasteiger charge is -2.22. The Kier molecular flexibility index (Phi) is 5.16. The Bertz CT molecular complexity index is 809. The summed E-state index contributed by atoms with van der Waals surface area (Å²) in [5, 5.41) is 0. The standard InChI is InChI=1S/C19H17F2NO4/c1-25-19(24)16-10-14(26-17-5-3-2-4-15(17)21)11-22(16)18(23)12-6-8-13(20)9-7-12/h2-9,14,16H,10-11H2,1H3. The molecule has 0 saturated carbocycles. The molecule has 1 heterocycles. The van der Waals surface area contributed by atoms with E-state index in [4.69, 9.17) is 9.47 Å². The normalized spacial score (nSPS) is 19.3. The molecule has 26 heavy (non-hydrogen) atoms. The van der Waals surface area contributed by atoms with Crippen LogP contribution in [0.25, 0.3) is 0 Å². The molecule has 1 amide bonds. The van der Waals surface area contributed by atoms with E-state index in [9.17, 15) is 18.4 Å². The first-order valence-electron chi connectivity index (χ1n) is 8.05. The number of methoxy groups -OCH3 is 1. The van der Waals surface area contributed by atoms with Crippen LogP contribution in [0, 0.1) is 11.6 Å². The molecule has 2 aromatic rings. The number of hydrogen-bond donors (Lipinski definition) is 0. The third kappa shape index (κ3) is 3.66. The number of ether oxygens (including phenoxy) is 2. The summed E-state index contributed by atoms with van der Waals surface area (Å²) in [4.78, 5) is 26.1. The van der Waals surface area contributed by atoms with E-state index in [0.29, 0.717) is 0 Å². The van der Waals surface area contributed by atoms with Crippen LogP contribution < -0.4 is 4.74 Å². The molecule has 1 saturated heterocycles. The van der Waals surface area contributed by atoms with E-state index in [1.807, 2.05) is 0 Å². The number of carbonyl (C=O) groups excluding carboxylic acids is 2. The van der Waals surface area contributed by atoms with Gasteiger partial charge in [-0.3, -0.25) is 4.79 Å². The Balaban J connectivity index is 1.80. The molecule has 5 nitrogen and oxygen atoms in total. The van der Waals surface area contributed by atoms with Crippen LogP contribution in [0.3, 0.4) is 0 Å². The molecule has 2 aromatic carbocycles. The van der Waals surface area contributed by atoms with Crippen LogP contribution in [-0.4, -0.2) is 42.6 Å². The lowest BCUT2D eigenvalue weighted by atomic mass is 10.1. The van der Waals surface area contributed by atoms with Crippen LogP contribution in [0.15, 0.2) is 48.5 Å². The van der Waals surface area contributed by atoms with Crippen LogP contribution in [0.2, 0.25) is 0 Å². The third-order valence-electron chi connectivity index (χ3n) is 4.22. The van der Waals surface area contributed by atoms with Crippen LogP contribution in [0.4, 0.5) is 8.78 Å². The number of carbonyl (C=O) groups is 2. The number of likely N-dealkylation sites (tertiary alicyclic amines) is 1. The van der Waals surface area contributed by atoms with Gasteiger partial charge in [-0.15, -0.1) is 0 Å². The lowest BCUT2D eigenvalue weighted by Crippen LogP contribution is -2.41. The van der Waals surface area contributed by atoms with Crippen LogP contribution in [0.1, 0.15) is 16.8 Å². The molecule has 1 fully saturated rings. The smallest absolute Gasteiger partial charge is 0.328 e. The summed E-state index contributed by atoms with van der Waals surface area (Å²) in [6.07, 6.45) is -0.395. The fourth-order valence-corrected chi connectivity index (χ4v) is 2.94. The first-order chi connectivity index (χ1) is 12.5. The van der Waals surface area contributed by atoms with Gasteiger partial charge in [0, 0.05) is 12.0 Å². The van der Waals surface area contributed by atoms with E-state index in [2.05, 4.69) is 0 Å². The molecule has 1 aliphatic rings. The highest BCUT2D eigenvalue weighted by atomic mass is 19.1. The van der Waals surface area contributed by atoms with Gasteiger partial charge >= 0.3 is 5.97 Å². The van der Waals surface area contributed by atoms with Gasteiger partial charge in [-0.05, 0) is 36.4 Å². The lowest BCUT2D eigenvalue weighted by molar-refractivity contribution is -0.145. The first kappa shape index (κ1) is 17.8. The van der Waals surface area contributed by atoms with Crippen molar-refractivity contribution in [3.8, 4) is 5.75 Å². The monoisotopic (exact) mass is 361 g/mol. The van der Waals surface area contributed by atoms with Crippen molar-refractivity contribution in [3.63, 3.8) is 0 Å². The molecular formula is C19H17F2NO4. The van der Waals surface area contributed by atoms with Crippen molar-refractivity contribution in [1.29, 1.82) is 0 Å². The number of esters is 1. The van der Waals surface area contributed by atoms with E-state index in [1.54, 1.807) is 12.1 Å². The average Bonchev–Trinajstić information content (AvgIpc) is 3.07.